The molecule has 8 heteroatoms. The van der Waals surface area contributed by atoms with Crippen molar-refractivity contribution in [2.45, 2.75) is 12.8 Å². The first kappa shape index (κ1) is 20.2. The first-order chi connectivity index (χ1) is 14.0. The molecule has 1 N–H and O–H groups in total. The van der Waals surface area contributed by atoms with E-state index >= 15 is 0 Å². The van der Waals surface area contributed by atoms with E-state index in [9.17, 15) is 14.4 Å². The van der Waals surface area contributed by atoms with Gasteiger partial charge in [-0.2, -0.15) is 0 Å². The van der Waals surface area contributed by atoms with E-state index in [0.29, 0.717) is 30.0 Å². The Morgan fingerprint density at radius 3 is 2.21 bits per heavy atom. The molecule has 1 fully saturated rings. The maximum absolute atomic E-state index is 12.7. The Hall–Kier alpha value is -3.55. The monoisotopic (exact) mass is 398 g/mol. The first-order valence-electron chi connectivity index (χ1n) is 9.04. The molecule has 29 heavy (non-hydrogen) atoms. The number of hydrogen-bond donors (Lipinski definition) is 1. The van der Waals surface area contributed by atoms with Crippen LogP contribution in [-0.4, -0.2) is 45.7 Å². The molecular formula is C21H22N2O6. The van der Waals surface area contributed by atoms with E-state index in [2.05, 4.69) is 5.32 Å². The summed E-state index contributed by atoms with van der Waals surface area (Å²) in [6.45, 7) is 0.679. The molecule has 1 aliphatic rings. The molecule has 2 aromatic carbocycles. The number of rotatable bonds is 6. The van der Waals surface area contributed by atoms with Crippen molar-refractivity contribution in [3.05, 3.63) is 47.5 Å². The third-order valence-electron chi connectivity index (χ3n) is 4.69. The minimum absolute atomic E-state index is 0.0789. The van der Waals surface area contributed by atoms with Gasteiger partial charge in [0.15, 0.2) is 11.5 Å². The number of carbonyl (C=O) groups excluding carboxylic acids is 3. The van der Waals surface area contributed by atoms with Crippen LogP contribution in [-0.2, 0) is 9.53 Å². The normalized spacial score (nSPS) is 13.2. The van der Waals surface area contributed by atoms with Crippen molar-refractivity contribution < 1.29 is 28.6 Å². The van der Waals surface area contributed by atoms with Crippen LogP contribution in [0.25, 0.3) is 0 Å². The van der Waals surface area contributed by atoms with Crippen LogP contribution in [0, 0.1) is 0 Å². The van der Waals surface area contributed by atoms with Crippen LogP contribution in [0.4, 0.5) is 11.4 Å². The number of ether oxygens (including phenoxy) is 3. The van der Waals surface area contributed by atoms with Crippen molar-refractivity contribution in [2.24, 2.45) is 0 Å². The van der Waals surface area contributed by atoms with E-state index in [1.807, 2.05) is 0 Å². The summed E-state index contributed by atoms with van der Waals surface area (Å²) in [6.07, 6.45) is 1.37. The first-order valence-corrected chi connectivity index (χ1v) is 9.04. The van der Waals surface area contributed by atoms with Gasteiger partial charge in [0.1, 0.15) is 0 Å². The highest BCUT2D eigenvalue weighted by atomic mass is 16.5. The van der Waals surface area contributed by atoms with Gasteiger partial charge in [-0.05, 0) is 30.7 Å². The lowest BCUT2D eigenvalue weighted by Crippen LogP contribution is -2.23. The summed E-state index contributed by atoms with van der Waals surface area (Å²) in [4.78, 5) is 38.4. The van der Waals surface area contributed by atoms with Crippen LogP contribution in [0.2, 0.25) is 0 Å². The van der Waals surface area contributed by atoms with Crippen molar-refractivity contribution in [2.75, 3.05) is 38.1 Å². The fourth-order valence-corrected chi connectivity index (χ4v) is 3.17. The summed E-state index contributed by atoms with van der Waals surface area (Å²) in [5, 5.41) is 2.71. The van der Waals surface area contributed by atoms with Gasteiger partial charge < -0.3 is 24.4 Å². The molecule has 0 bridgehead atoms. The van der Waals surface area contributed by atoms with Crippen molar-refractivity contribution in [1.29, 1.82) is 0 Å². The lowest BCUT2D eigenvalue weighted by Gasteiger charge is -2.16. The van der Waals surface area contributed by atoms with Gasteiger partial charge in [0.25, 0.3) is 5.91 Å². The van der Waals surface area contributed by atoms with Gasteiger partial charge >= 0.3 is 5.97 Å². The largest absolute Gasteiger partial charge is 0.493 e. The molecule has 1 aliphatic heterocycles. The zero-order valence-electron chi connectivity index (χ0n) is 16.5. The fraction of sp³-hybridized carbons (Fsp3) is 0.286. The van der Waals surface area contributed by atoms with Crippen molar-refractivity contribution in [3.63, 3.8) is 0 Å². The summed E-state index contributed by atoms with van der Waals surface area (Å²) in [7, 11) is 4.16. The average molecular weight is 398 g/mol. The maximum atomic E-state index is 12.7. The Morgan fingerprint density at radius 1 is 1.00 bits per heavy atom. The third kappa shape index (κ3) is 4.16. The van der Waals surface area contributed by atoms with Crippen molar-refractivity contribution in [1.82, 2.24) is 0 Å². The van der Waals surface area contributed by atoms with E-state index in [0.717, 1.165) is 12.1 Å². The van der Waals surface area contributed by atoms with Crippen LogP contribution < -0.4 is 19.7 Å². The third-order valence-corrected chi connectivity index (χ3v) is 4.69. The molecule has 2 amide bonds. The maximum Gasteiger partial charge on any atom is 0.340 e. The molecule has 0 atom stereocenters. The molecule has 8 nitrogen and oxygen atoms in total. The number of anilines is 2. The number of amides is 2. The highest BCUT2D eigenvalue weighted by Crippen LogP contribution is 2.34. The lowest BCUT2D eigenvalue weighted by atomic mass is 10.1. The minimum atomic E-state index is -0.621. The summed E-state index contributed by atoms with van der Waals surface area (Å²) in [6, 6.07) is 9.67. The summed E-state index contributed by atoms with van der Waals surface area (Å²) >= 11 is 0. The number of benzene rings is 2. The van der Waals surface area contributed by atoms with Crippen LogP contribution in [0.15, 0.2) is 36.4 Å². The van der Waals surface area contributed by atoms with Crippen LogP contribution >= 0.6 is 0 Å². The van der Waals surface area contributed by atoms with Gasteiger partial charge in [0, 0.05) is 36.3 Å². The minimum Gasteiger partial charge on any atom is -0.493 e. The second-order valence-electron chi connectivity index (χ2n) is 6.39. The highest BCUT2D eigenvalue weighted by molar-refractivity contribution is 6.08. The summed E-state index contributed by atoms with van der Waals surface area (Å²) in [5.41, 5.74) is 1.51. The molecule has 0 aromatic heterocycles. The van der Waals surface area contributed by atoms with Gasteiger partial charge in [-0.1, -0.05) is 0 Å². The van der Waals surface area contributed by atoms with Gasteiger partial charge in [0.2, 0.25) is 5.91 Å². The predicted octanol–water partition coefficient (Wildman–Crippen LogP) is 2.87. The van der Waals surface area contributed by atoms with E-state index in [-0.39, 0.29) is 17.2 Å². The molecule has 0 spiro atoms. The Kier molecular flexibility index (Phi) is 6.01. The molecule has 1 heterocycles. The average Bonchev–Trinajstić information content (AvgIpc) is 3.18. The SMILES string of the molecule is COC(=O)c1cc(OC)c(OC)cc1NC(=O)c1ccc(N2CCCC2=O)cc1. The highest BCUT2D eigenvalue weighted by Gasteiger charge is 2.22. The van der Waals surface area contributed by atoms with E-state index in [1.165, 1.54) is 33.5 Å². The number of nitrogens with one attached hydrogen (secondary N) is 1. The molecule has 2 aromatic rings. The second-order valence-corrected chi connectivity index (χ2v) is 6.39. The summed E-state index contributed by atoms with van der Waals surface area (Å²) < 4.78 is 15.3. The lowest BCUT2D eigenvalue weighted by molar-refractivity contribution is -0.117. The van der Waals surface area contributed by atoms with Gasteiger partial charge in [0.05, 0.1) is 32.6 Å². The zero-order valence-corrected chi connectivity index (χ0v) is 16.5. The fourth-order valence-electron chi connectivity index (χ4n) is 3.17. The Morgan fingerprint density at radius 2 is 1.66 bits per heavy atom. The molecule has 3 rings (SSSR count). The quantitative estimate of drug-likeness (QED) is 0.752. The van der Waals surface area contributed by atoms with Crippen LogP contribution in [0.5, 0.6) is 11.5 Å². The number of carbonyl (C=O) groups is 3. The number of esters is 1. The van der Waals surface area contributed by atoms with Gasteiger partial charge in [-0.25, -0.2) is 4.79 Å². The Labute approximate surface area is 168 Å². The standard InChI is InChI=1S/C21H22N2O6/c1-27-17-11-15(21(26)29-3)16(12-18(17)28-2)22-20(25)13-6-8-14(9-7-13)23-10-4-5-19(23)24/h6-9,11-12H,4-5,10H2,1-3H3,(H,22,25). The van der Waals surface area contributed by atoms with E-state index in [4.69, 9.17) is 14.2 Å². The van der Waals surface area contributed by atoms with Crippen LogP contribution in [0.3, 0.4) is 0 Å². The molecular weight excluding hydrogens is 376 g/mol. The molecule has 0 radical (unpaired) electrons. The Balaban J connectivity index is 1.86. The topological polar surface area (TPSA) is 94.2 Å². The number of hydrogen-bond acceptors (Lipinski definition) is 6. The van der Waals surface area contributed by atoms with Crippen molar-refractivity contribution >= 4 is 29.2 Å². The van der Waals surface area contributed by atoms with Crippen LogP contribution in [0.1, 0.15) is 33.6 Å². The number of nitrogens with zero attached hydrogens (tertiary/aromatic N) is 1. The molecule has 1 saturated heterocycles. The van der Waals surface area contributed by atoms with Gasteiger partial charge in [-0.15, -0.1) is 0 Å². The van der Waals surface area contributed by atoms with E-state index < -0.39 is 11.9 Å². The number of methoxy groups -OCH3 is 3. The molecule has 0 unspecified atom stereocenters. The summed E-state index contributed by atoms with van der Waals surface area (Å²) in [5.74, 6) is -0.259. The molecule has 0 saturated carbocycles. The predicted molar refractivity (Wildman–Crippen MR) is 107 cm³/mol. The smallest absolute Gasteiger partial charge is 0.340 e. The second kappa shape index (κ2) is 8.64. The Bertz CT molecular complexity index is 939. The molecule has 0 aliphatic carbocycles. The zero-order chi connectivity index (χ0) is 21.0. The van der Waals surface area contributed by atoms with E-state index in [1.54, 1.807) is 29.2 Å². The molecule has 152 valence electrons. The van der Waals surface area contributed by atoms with Gasteiger partial charge in [-0.3, -0.25) is 9.59 Å². The van der Waals surface area contributed by atoms with Crippen molar-refractivity contribution in [3.8, 4) is 11.5 Å².